The van der Waals surface area contributed by atoms with Gasteiger partial charge in [-0.15, -0.1) is 0 Å². The Labute approximate surface area is 162 Å². The first-order valence-electron chi connectivity index (χ1n) is 10.1. The molecule has 0 saturated carbocycles. The second-order valence-corrected chi connectivity index (χ2v) is 8.11. The molecule has 0 unspecified atom stereocenters. The summed E-state index contributed by atoms with van der Waals surface area (Å²) in [4.78, 5) is 31.1. The molecule has 2 fully saturated rings. The number of anilines is 1. The minimum atomic E-state index is -0.0720. The van der Waals surface area contributed by atoms with Crippen molar-refractivity contribution in [3.8, 4) is 0 Å². The van der Waals surface area contributed by atoms with Gasteiger partial charge in [0.1, 0.15) is 0 Å². The van der Waals surface area contributed by atoms with Gasteiger partial charge in [0.05, 0.1) is 0 Å². The van der Waals surface area contributed by atoms with Crippen molar-refractivity contribution in [2.45, 2.75) is 39.2 Å². The molecule has 6 nitrogen and oxygen atoms in total. The van der Waals surface area contributed by atoms with Crippen molar-refractivity contribution >= 4 is 17.5 Å². The number of carbonyl (C=O) groups is 2. The fraction of sp³-hybridized carbons (Fsp3) is 0.619. The van der Waals surface area contributed by atoms with Crippen LogP contribution in [0.1, 0.15) is 44.0 Å². The van der Waals surface area contributed by atoms with E-state index in [0.29, 0.717) is 18.5 Å². The zero-order valence-electron chi connectivity index (χ0n) is 16.8. The van der Waals surface area contributed by atoms with E-state index in [-0.39, 0.29) is 17.4 Å². The van der Waals surface area contributed by atoms with Gasteiger partial charge in [-0.05, 0) is 51.1 Å². The molecule has 1 N–H and O–H groups in total. The number of piperazine rings is 1. The van der Waals surface area contributed by atoms with E-state index in [1.54, 1.807) is 4.90 Å². The molecular formula is C21H32N4O2. The van der Waals surface area contributed by atoms with Gasteiger partial charge in [-0.1, -0.05) is 6.92 Å². The summed E-state index contributed by atoms with van der Waals surface area (Å²) in [7, 11) is 0. The molecule has 0 atom stereocenters. The Hall–Kier alpha value is -1.92. The molecule has 2 amide bonds. The van der Waals surface area contributed by atoms with Crippen LogP contribution in [0.25, 0.3) is 0 Å². The Balaban J connectivity index is 1.53. The van der Waals surface area contributed by atoms with Gasteiger partial charge in [-0.3, -0.25) is 14.5 Å². The summed E-state index contributed by atoms with van der Waals surface area (Å²) in [6, 6.07) is 7.35. The van der Waals surface area contributed by atoms with Crippen LogP contribution < -0.4 is 10.2 Å². The first-order valence-corrected chi connectivity index (χ1v) is 10.1. The SMILES string of the molecule is CCN1CCN(C(C)(C)CNC(=O)c2ccc(N3CCCC3=O)cc2)CC1. The van der Waals surface area contributed by atoms with E-state index in [4.69, 9.17) is 0 Å². The van der Waals surface area contributed by atoms with Gasteiger partial charge in [-0.25, -0.2) is 0 Å². The Morgan fingerprint density at radius 2 is 1.74 bits per heavy atom. The lowest BCUT2D eigenvalue weighted by atomic mass is 10.0. The normalized spacial score (nSPS) is 19.5. The number of rotatable bonds is 6. The van der Waals surface area contributed by atoms with E-state index >= 15 is 0 Å². The van der Waals surface area contributed by atoms with E-state index in [1.165, 1.54) is 0 Å². The van der Waals surface area contributed by atoms with Gasteiger partial charge >= 0.3 is 0 Å². The highest BCUT2D eigenvalue weighted by molar-refractivity contribution is 5.97. The number of likely N-dealkylation sites (N-methyl/N-ethyl adjacent to an activating group) is 1. The topological polar surface area (TPSA) is 55.9 Å². The van der Waals surface area contributed by atoms with Crippen LogP contribution in [0.3, 0.4) is 0 Å². The third-order valence-electron chi connectivity index (χ3n) is 5.87. The molecule has 0 bridgehead atoms. The van der Waals surface area contributed by atoms with Crippen LogP contribution in [0.15, 0.2) is 24.3 Å². The molecular weight excluding hydrogens is 340 g/mol. The van der Waals surface area contributed by atoms with Crippen molar-refractivity contribution in [3.63, 3.8) is 0 Å². The maximum absolute atomic E-state index is 12.6. The van der Waals surface area contributed by atoms with Crippen LogP contribution >= 0.6 is 0 Å². The second-order valence-electron chi connectivity index (χ2n) is 8.11. The number of amides is 2. The summed E-state index contributed by atoms with van der Waals surface area (Å²) in [5.41, 5.74) is 1.44. The van der Waals surface area contributed by atoms with Crippen LogP contribution in [0.4, 0.5) is 5.69 Å². The van der Waals surface area contributed by atoms with Crippen LogP contribution in [0.2, 0.25) is 0 Å². The molecule has 2 aliphatic rings. The summed E-state index contributed by atoms with van der Waals surface area (Å²) in [5, 5.41) is 3.08. The molecule has 0 radical (unpaired) electrons. The van der Waals surface area contributed by atoms with Crippen LogP contribution in [0.5, 0.6) is 0 Å². The molecule has 2 aliphatic heterocycles. The predicted octanol–water partition coefficient (Wildman–Crippen LogP) is 1.96. The monoisotopic (exact) mass is 372 g/mol. The Morgan fingerprint density at radius 3 is 2.30 bits per heavy atom. The largest absolute Gasteiger partial charge is 0.350 e. The van der Waals surface area contributed by atoms with E-state index in [0.717, 1.165) is 51.4 Å². The fourth-order valence-corrected chi connectivity index (χ4v) is 3.89. The summed E-state index contributed by atoms with van der Waals surface area (Å²) in [6.45, 7) is 13.3. The summed E-state index contributed by atoms with van der Waals surface area (Å²) in [6.07, 6.45) is 1.52. The first kappa shape index (κ1) is 19.8. The molecule has 1 aromatic carbocycles. The smallest absolute Gasteiger partial charge is 0.251 e. The number of nitrogens with zero attached hydrogens (tertiary/aromatic N) is 3. The zero-order valence-corrected chi connectivity index (χ0v) is 16.8. The molecule has 0 aromatic heterocycles. The number of hydrogen-bond acceptors (Lipinski definition) is 4. The average molecular weight is 373 g/mol. The van der Waals surface area contributed by atoms with E-state index in [1.807, 2.05) is 24.3 Å². The van der Waals surface area contributed by atoms with Gasteiger partial charge in [-0.2, -0.15) is 0 Å². The molecule has 2 heterocycles. The first-order chi connectivity index (χ1) is 12.9. The molecule has 1 aromatic rings. The average Bonchev–Trinajstić information content (AvgIpc) is 3.12. The second kappa shape index (κ2) is 8.40. The van der Waals surface area contributed by atoms with Crippen LogP contribution in [0, 0.1) is 0 Å². The predicted molar refractivity (Wildman–Crippen MR) is 108 cm³/mol. The standard InChI is InChI=1S/C21H32N4O2/c1-4-23-12-14-24(15-13-23)21(2,3)16-22-20(27)17-7-9-18(10-8-17)25-11-5-6-19(25)26/h7-10H,4-6,11-16H2,1-3H3,(H,22,27). The van der Waals surface area contributed by atoms with Crippen molar-refractivity contribution in [2.75, 3.05) is 50.7 Å². The van der Waals surface area contributed by atoms with Gasteiger partial charge in [0.25, 0.3) is 5.91 Å². The minimum absolute atomic E-state index is 0.0606. The lowest BCUT2D eigenvalue weighted by Crippen LogP contribution is -2.58. The number of carbonyl (C=O) groups excluding carboxylic acids is 2. The number of nitrogens with one attached hydrogen (secondary N) is 1. The summed E-state index contributed by atoms with van der Waals surface area (Å²) in [5.74, 6) is 0.103. The highest BCUT2D eigenvalue weighted by Crippen LogP contribution is 2.22. The minimum Gasteiger partial charge on any atom is -0.350 e. The third kappa shape index (κ3) is 4.68. The van der Waals surface area contributed by atoms with E-state index in [9.17, 15) is 9.59 Å². The van der Waals surface area contributed by atoms with Gasteiger partial charge in [0.15, 0.2) is 0 Å². The molecule has 0 aliphatic carbocycles. The van der Waals surface area contributed by atoms with E-state index < -0.39 is 0 Å². The Bertz CT molecular complexity index is 663. The van der Waals surface area contributed by atoms with Crippen molar-refractivity contribution in [3.05, 3.63) is 29.8 Å². The summed E-state index contributed by atoms with van der Waals surface area (Å²) >= 11 is 0. The van der Waals surface area contributed by atoms with Gasteiger partial charge in [0.2, 0.25) is 5.91 Å². The molecule has 2 saturated heterocycles. The van der Waals surface area contributed by atoms with Crippen molar-refractivity contribution < 1.29 is 9.59 Å². The van der Waals surface area contributed by atoms with Crippen molar-refractivity contribution in [1.82, 2.24) is 15.1 Å². The fourth-order valence-electron chi connectivity index (χ4n) is 3.89. The van der Waals surface area contributed by atoms with Gasteiger partial charge in [0, 0.05) is 62.5 Å². The quantitative estimate of drug-likeness (QED) is 0.829. The van der Waals surface area contributed by atoms with Crippen molar-refractivity contribution in [2.24, 2.45) is 0 Å². The lowest BCUT2D eigenvalue weighted by molar-refractivity contribution is -0.117. The molecule has 148 valence electrons. The Morgan fingerprint density at radius 1 is 1.07 bits per heavy atom. The zero-order chi connectivity index (χ0) is 19.4. The van der Waals surface area contributed by atoms with E-state index in [2.05, 4.69) is 35.9 Å². The highest BCUT2D eigenvalue weighted by atomic mass is 16.2. The Kier molecular flexibility index (Phi) is 6.17. The molecule has 3 rings (SSSR count). The summed E-state index contributed by atoms with van der Waals surface area (Å²) < 4.78 is 0. The molecule has 0 spiro atoms. The van der Waals surface area contributed by atoms with Gasteiger partial charge < -0.3 is 15.1 Å². The van der Waals surface area contributed by atoms with Crippen molar-refractivity contribution in [1.29, 1.82) is 0 Å². The lowest BCUT2D eigenvalue weighted by Gasteiger charge is -2.44. The maximum Gasteiger partial charge on any atom is 0.251 e. The third-order valence-corrected chi connectivity index (χ3v) is 5.87. The molecule has 27 heavy (non-hydrogen) atoms. The molecule has 6 heteroatoms. The maximum atomic E-state index is 12.6. The van der Waals surface area contributed by atoms with Crippen LogP contribution in [-0.4, -0.2) is 73.0 Å². The highest BCUT2D eigenvalue weighted by Gasteiger charge is 2.30. The number of benzene rings is 1. The number of hydrogen-bond donors (Lipinski definition) is 1. The van der Waals surface area contributed by atoms with Crippen LogP contribution in [-0.2, 0) is 4.79 Å².